The van der Waals surface area contributed by atoms with Crippen LogP contribution in [0.3, 0.4) is 0 Å². The van der Waals surface area contributed by atoms with Gasteiger partial charge in [-0.05, 0) is 73.5 Å². The van der Waals surface area contributed by atoms with E-state index in [1.54, 1.807) is 6.07 Å². The molecule has 2 saturated carbocycles. The van der Waals surface area contributed by atoms with E-state index in [0.717, 1.165) is 37.2 Å². The summed E-state index contributed by atoms with van der Waals surface area (Å²) in [6.45, 7) is 2.22. The third-order valence-corrected chi connectivity index (χ3v) is 7.05. The molecule has 1 N–H and O–H groups in total. The van der Waals surface area contributed by atoms with Crippen LogP contribution in [0.5, 0.6) is 0 Å². The minimum atomic E-state index is -0.810. The van der Waals surface area contributed by atoms with E-state index in [2.05, 4.69) is 6.92 Å². The summed E-state index contributed by atoms with van der Waals surface area (Å²) in [6, 6.07) is 4.34. The Kier molecular flexibility index (Phi) is 5.99. The highest BCUT2D eigenvalue weighted by Gasteiger charge is 2.45. The second-order valence-corrected chi connectivity index (χ2v) is 8.40. The van der Waals surface area contributed by atoms with E-state index in [0.29, 0.717) is 18.8 Å². The molecule has 0 aliphatic heterocycles. The van der Waals surface area contributed by atoms with Crippen LogP contribution in [0.4, 0.5) is 8.78 Å². The summed E-state index contributed by atoms with van der Waals surface area (Å²) in [4.78, 5) is 11.4. The lowest BCUT2D eigenvalue weighted by molar-refractivity contribution is -0.143. The predicted octanol–water partition coefficient (Wildman–Crippen LogP) is 6.08. The van der Waals surface area contributed by atoms with E-state index in [9.17, 15) is 18.7 Å². The average Bonchev–Trinajstić information content (AvgIpc) is 2.65. The number of hydrogen-bond donors (Lipinski definition) is 1. The summed E-state index contributed by atoms with van der Waals surface area (Å²) < 4.78 is 27.5. The smallest absolute Gasteiger partial charge is 0.306 e. The SMILES string of the molecule is CCCC1CCC(C2(c3ccc(F)c(F)c3)CCC(C(=O)O)CC2)CC1. The summed E-state index contributed by atoms with van der Waals surface area (Å²) in [5.74, 6) is -1.40. The first-order chi connectivity index (χ1) is 12.5. The number of carboxylic acid groups (broad SMARTS) is 1. The van der Waals surface area contributed by atoms with E-state index >= 15 is 0 Å². The van der Waals surface area contributed by atoms with Gasteiger partial charge in [0.15, 0.2) is 11.6 Å². The molecule has 1 aromatic rings. The molecule has 2 aliphatic carbocycles. The molecule has 0 radical (unpaired) electrons. The van der Waals surface area contributed by atoms with Gasteiger partial charge in [0.2, 0.25) is 0 Å². The number of aliphatic carboxylic acids is 1. The van der Waals surface area contributed by atoms with Gasteiger partial charge in [0.05, 0.1) is 5.92 Å². The fourth-order valence-corrected chi connectivity index (χ4v) is 5.53. The molecule has 2 fully saturated rings. The van der Waals surface area contributed by atoms with Crippen molar-refractivity contribution in [3.05, 3.63) is 35.4 Å². The van der Waals surface area contributed by atoms with Gasteiger partial charge in [-0.1, -0.05) is 38.7 Å². The molecule has 3 rings (SSSR count). The number of rotatable bonds is 5. The fourth-order valence-electron chi connectivity index (χ4n) is 5.53. The summed E-state index contributed by atoms with van der Waals surface area (Å²) in [5, 5.41) is 9.35. The lowest BCUT2D eigenvalue weighted by Gasteiger charge is -2.48. The van der Waals surface area contributed by atoms with Crippen molar-refractivity contribution in [2.45, 2.75) is 76.5 Å². The molecule has 2 nitrogen and oxygen atoms in total. The van der Waals surface area contributed by atoms with E-state index in [4.69, 9.17) is 0 Å². The molecule has 0 aromatic heterocycles. The number of hydrogen-bond acceptors (Lipinski definition) is 1. The van der Waals surface area contributed by atoms with Crippen LogP contribution >= 0.6 is 0 Å². The molecular formula is C22H30F2O2. The second-order valence-electron chi connectivity index (χ2n) is 8.40. The van der Waals surface area contributed by atoms with Crippen molar-refractivity contribution in [3.8, 4) is 0 Å². The maximum absolute atomic E-state index is 14.0. The maximum Gasteiger partial charge on any atom is 0.306 e. The summed E-state index contributed by atoms with van der Waals surface area (Å²) in [6.07, 6.45) is 9.89. The number of halogens is 2. The third-order valence-electron chi connectivity index (χ3n) is 7.05. The first-order valence-electron chi connectivity index (χ1n) is 10.1. The maximum atomic E-state index is 14.0. The van der Waals surface area contributed by atoms with Crippen LogP contribution in [0.1, 0.15) is 76.7 Å². The minimum Gasteiger partial charge on any atom is -0.481 e. The molecule has 2 aliphatic rings. The Morgan fingerprint density at radius 1 is 1.08 bits per heavy atom. The van der Waals surface area contributed by atoms with E-state index < -0.39 is 17.6 Å². The molecule has 0 heterocycles. The molecule has 0 saturated heterocycles. The lowest BCUT2D eigenvalue weighted by atomic mass is 9.56. The zero-order valence-corrected chi connectivity index (χ0v) is 15.6. The van der Waals surface area contributed by atoms with Crippen LogP contribution in [0.25, 0.3) is 0 Å². The van der Waals surface area contributed by atoms with Gasteiger partial charge in [-0.15, -0.1) is 0 Å². The van der Waals surface area contributed by atoms with Crippen molar-refractivity contribution in [1.82, 2.24) is 0 Å². The normalized spacial score (nSPS) is 32.3. The topological polar surface area (TPSA) is 37.3 Å². The fraction of sp³-hybridized carbons (Fsp3) is 0.682. The Bertz CT molecular complexity index is 627. The molecule has 0 atom stereocenters. The summed E-state index contributed by atoms with van der Waals surface area (Å²) >= 11 is 0. The number of benzene rings is 1. The number of carboxylic acids is 1. The first kappa shape index (κ1) is 19.3. The molecule has 0 spiro atoms. The lowest BCUT2D eigenvalue weighted by Crippen LogP contribution is -2.42. The van der Waals surface area contributed by atoms with Crippen molar-refractivity contribution in [2.24, 2.45) is 17.8 Å². The van der Waals surface area contributed by atoms with Crippen LogP contribution in [0, 0.1) is 29.4 Å². The molecule has 0 amide bonds. The van der Waals surface area contributed by atoms with E-state index in [1.807, 2.05) is 0 Å². The quantitative estimate of drug-likeness (QED) is 0.687. The Labute approximate surface area is 155 Å². The van der Waals surface area contributed by atoms with Crippen molar-refractivity contribution >= 4 is 5.97 Å². The second kappa shape index (κ2) is 8.06. The molecular weight excluding hydrogens is 334 g/mol. The predicted molar refractivity (Wildman–Crippen MR) is 98.0 cm³/mol. The Hall–Kier alpha value is -1.45. The molecule has 1 aromatic carbocycles. The zero-order chi connectivity index (χ0) is 18.7. The highest BCUT2D eigenvalue weighted by molar-refractivity contribution is 5.70. The third kappa shape index (κ3) is 3.79. The van der Waals surface area contributed by atoms with Crippen molar-refractivity contribution < 1.29 is 18.7 Å². The molecule has 4 heteroatoms. The van der Waals surface area contributed by atoms with Gasteiger partial charge in [-0.2, -0.15) is 0 Å². The van der Waals surface area contributed by atoms with Crippen LogP contribution in [0.2, 0.25) is 0 Å². The van der Waals surface area contributed by atoms with Gasteiger partial charge in [-0.25, -0.2) is 8.78 Å². The van der Waals surface area contributed by atoms with Crippen LogP contribution in [-0.2, 0) is 10.2 Å². The van der Waals surface area contributed by atoms with Crippen molar-refractivity contribution in [1.29, 1.82) is 0 Å². The van der Waals surface area contributed by atoms with Crippen molar-refractivity contribution in [3.63, 3.8) is 0 Å². The van der Waals surface area contributed by atoms with Crippen molar-refractivity contribution in [2.75, 3.05) is 0 Å². The van der Waals surface area contributed by atoms with Crippen LogP contribution in [0.15, 0.2) is 18.2 Å². The highest BCUT2D eigenvalue weighted by Crippen LogP contribution is 2.52. The monoisotopic (exact) mass is 364 g/mol. The largest absolute Gasteiger partial charge is 0.481 e. The average molecular weight is 364 g/mol. The van der Waals surface area contributed by atoms with Gasteiger partial charge in [-0.3, -0.25) is 4.79 Å². The number of carbonyl (C=O) groups is 1. The Balaban J connectivity index is 1.85. The van der Waals surface area contributed by atoms with Crippen LogP contribution in [-0.4, -0.2) is 11.1 Å². The van der Waals surface area contributed by atoms with Crippen LogP contribution < -0.4 is 0 Å². The molecule has 26 heavy (non-hydrogen) atoms. The Morgan fingerprint density at radius 2 is 1.73 bits per heavy atom. The molecule has 144 valence electrons. The molecule has 0 unspecified atom stereocenters. The van der Waals surface area contributed by atoms with Gasteiger partial charge in [0.1, 0.15) is 0 Å². The van der Waals surface area contributed by atoms with Gasteiger partial charge < -0.3 is 5.11 Å². The zero-order valence-electron chi connectivity index (χ0n) is 15.6. The highest BCUT2D eigenvalue weighted by atomic mass is 19.2. The van der Waals surface area contributed by atoms with E-state index in [-0.39, 0.29) is 11.3 Å². The van der Waals surface area contributed by atoms with Gasteiger partial charge in [0, 0.05) is 0 Å². The summed E-state index contributed by atoms with van der Waals surface area (Å²) in [5.41, 5.74) is 0.677. The minimum absolute atomic E-state index is 0.197. The molecule has 0 bridgehead atoms. The standard InChI is InChI=1S/C22H30F2O2/c1-2-3-15-4-6-17(7-5-15)22(12-10-16(11-13-22)21(25)26)18-8-9-19(23)20(24)14-18/h8-9,14-17H,2-7,10-13H2,1H3,(H,25,26). The van der Waals surface area contributed by atoms with E-state index in [1.165, 1.54) is 37.8 Å². The first-order valence-corrected chi connectivity index (χ1v) is 10.1. The van der Waals surface area contributed by atoms with Gasteiger partial charge in [0.25, 0.3) is 0 Å². The summed E-state index contributed by atoms with van der Waals surface area (Å²) in [7, 11) is 0. The van der Waals surface area contributed by atoms with Gasteiger partial charge >= 0.3 is 5.97 Å². The Morgan fingerprint density at radius 3 is 2.27 bits per heavy atom.